The summed E-state index contributed by atoms with van der Waals surface area (Å²) in [7, 11) is -3.88. The van der Waals surface area contributed by atoms with Gasteiger partial charge >= 0.3 is 0 Å². The lowest BCUT2D eigenvalue weighted by Crippen LogP contribution is -2.33. The standard InChI is InChI=1S/C29H31FN4O4S/c1-18-26(32-19(2)27(18)29(36)31-11-14-34-12-5-6-13-34)16-23-22-15-21(9-10-25(22)33-28(23)35)39(37,38)17-20-7-3-4-8-24(20)30/h3-4,7-10,15-16,32H,5-6,11-14,17H2,1-2H3,(H,31,36)(H,33,35)/b23-16-. The van der Waals surface area contributed by atoms with Crippen molar-refractivity contribution in [3.05, 3.63) is 81.9 Å². The average molecular weight is 551 g/mol. The number of hydrogen-bond acceptors (Lipinski definition) is 5. The van der Waals surface area contributed by atoms with Crippen LogP contribution in [0.2, 0.25) is 0 Å². The molecule has 2 aliphatic rings. The van der Waals surface area contributed by atoms with E-state index in [1.807, 2.05) is 6.92 Å². The van der Waals surface area contributed by atoms with Gasteiger partial charge in [-0.15, -0.1) is 0 Å². The van der Waals surface area contributed by atoms with Gasteiger partial charge in [0.2, 0.25) is 0 Å². The maximum Gasteiger partial charge on any atom is 0.256 e. The number of carbonyl (C=O) groups excluding carboxylic acids is 2. The molecule has 3 heterocycles. The SMILES string of the molecule is Cc1[nH]c(/C=C2\C(=O)Nc3ccc(S(=O)(=O)Cc4ccccc4F)cc32)c(C)c1C(=O)NCCN1CCCC1. The number of sulfone groups is 1. The number of H-pyrrole nitrogens is 1. The number of aromatic amines is 1. The number of aromatic nitrogens is 1. The van der Waals surface area contributed by atoms with Gasteiger partial charge in [0, 0.05) is 41.3 Å². The highest BCUT2D eigenvalue weighted by atomic mass is 32.2. The zero-order chi connectivity index (χ0) is 27.7. The highest BCUT2D eigenvalue weighted by Gasteiger charge is 2.28. The summed E-state index contributed by atoms with van der Waals surface area (Å²) in [5.41, 5.74) is 3.76. The molecule has 0 atom stereocenters. The summed E-state index contributed by atoms with van der Waals surface area (Å²) >= 11 is 0. The summed E-state index contributed by atoms with van der Waals surface area (Å²) in [6, 6.07) is 10.1. The van der Waals surface area contributed by atoms with E-state index in [1.165, 1.54) is 49.2 Å². The minimum absolute atomic E-state index is 0.00985. The van der Waals surface area contributed by atoms with Crippen LogP contribution in [0.25, 0.3) is 11.6 Å². The first-order valence-electron chi connectivity index (χ1n) is 13.0. The summed E-state index contributed by atoms with van der Waals surface area (Å²) < 4.78 is 40.3. The number of fused-ring (bicyclic) bond motifs is 1. The van der Waals surface area contributed by atoms with Crippen molar-refractivity contribution < 1.29 is 22.4 Å². The molecular weight excluding hydrogens is 519 g/mol. The van der Waals surface area contributed by atoms with Crippen molar-refractivity contribution in [2.75, 3.05) is 31.5 Å². The predicted molar refractivity (Wildman–Crippen MR) is 149 cm³/mol. The van der Waals surface area contributed by atoms with Crippen LogP contribution >= 0.6 is 0 Å². The zero-order valence-corrected chi connectivity index (χ0v) is 22.8. The van der Waals surface area contributed by atoms with E-state index in [-0.39, 0.29) is 27.8 Å². The van der Waals surface area contributed by atoms with Gasteiger partial charge in [0.25, 0.3) is 11.8 Å². The maximum absolute atomic E-state index is 14.1. The number of aryl methyl sites for hydroxylation is 1. The van der Waals surface area contributed by atoms with Crippen molar-refractivity contribution in [1.82, 2.24) is 15.2 Å². The topological polar surface area (TPSA) is 111 Å². The number of hydrogen-bond donors (Lipinski definition) is 3. The van der Waals surface area contributed by atoms with Crippen LogP contribution in [0.1, 0.15) is 51.3 Å². The van der Waals surface area contributed by atoms with Crippen LogP contribution < -0.4 is 10.6 Å². The van der Waals surface area contributed by atoms with E-state index in [9.17, 15) is 22.4 Å². The Balaban J connectivity index is 1.40. The second-order valence-corrected chi connectivity index (χ2v) is 12.0. The molecule has 1 saturated heterocycles. The molecule has 10 heteroatoms. The van der Waals surface area contributed by atoms with E-state index < -0.39 is 21.4 Å². The fraction of sp³-hybridized carbons (Fsp3) is 0.310. The number of likely N-dealkylation sites (tertiary alicyclic amines) is 1. The lowest BCUT2D eigenvalue weighted by atomic mass is 10.0. The normalized spacial score (nSPS) is 16.5. The third kappa shape index (κ3) is 5.53. The van der Waals surface area contributed by atoms with Gasteiger partial charge < -0.3 is 20.5 Å². The molecule has 0 spiro atoms. The maximum atomic E-state index is 14.1. The second kappa shape index (κ2) is 10.8. The van der Waals surface area contributed by atoms with Gasteiger partial charge in [-0.25, -0.2) is 12.8 Å². The molecule has 0 radical (unpaired) electrons. The average Bonchev–Trinajstić information content (AvgIpc) is 3.59. The minimum atomic E-state index is -3.88. The highest BCUT2D eigenvalue weighted by molar-refractivity contribution is 7.90. The lowest BCUT2D eigenvalue weighted by molar-refractivity contribution is -0.110. The highest BCUT2D eigenvalue weighted by Crippen LogP contribution is 2.36. The third-order valence-electron chi connectivity index (χ3n) is 7.34. The van der Waals surface area contributed by atoms with Gasteiger partial charge in [0.15, 0.2) is 9.84 Å². The molecule has 3 N–H and O–H groups in total. The van der Waals surface area contributed by atoms with Crippen molar-refractivity contribution in [1.29, 1.82) is 0 Å². The first-order valence-corrected chi connectivity index (χ1v) is 14.6. The largest absolute Gasteiger partial charge is 0.358 e. The summed E-state index contributed by atoms with van der Waals surface area (Å²) in [6.45, 7) is 7.11. The first-order chi connectivity index (χ1) is 18.6. The van der Waals surface area contributed by atoms with Crippen molar-refractivity contribution in [3.63, 3.8) is 0 Å². The van der Waals surface area contributed by atoms with Crippen molar-refractivity contribution >= 4 is 39.0 Å². The Morgan fingerprint density at radius 1 is 1.13 bits per heavy atom. The molecule has 0 unspecified atom stereocenters. The zero-order valence-electron chi connectivity index (χ0n) is 21.9. The van der Waals surface area contributed by atoms with Gasteiger partial charge in [-0.05, 0) is 75.7 Å². The third-order valence-corrected chi connectivity index (χ3v) is 9.00. The molecule has 0 aliphatic carbocycles. The molecule has 2 aliphatic heterocycles. The van der Waals surface area contributed by atoms with E-state index >= 15 is 0 Å². The quantitative estimate of drug-likeness (QED) is 0.366. The number of carbonyl (C=O) groups is 2. The Morgan fingerprint density at radius 3 is 2.62 bits per heavy atom. The van der Waals surface area contributed by atoms with Crippen LogP contribution in [0.5, 0.6) is 0 Å². The first kappa shape index (κ1) is 26.8. The van der Waals surface area contributed by atoms with Crippen molar-refractivity contribution in [3.8, 4) is 0 Å². The van der Waals surface area contributed by atoms with Gasteiger partial charge in [-0.3, -0.25) is 9.59 Å². The van der Waals surface area contributed by atoms with E-state index in [0.717, 1.165) is 19.6 Å². The smallest absolute Gasteiger partial charge is 0.256 e. The van der Waals surface area contributed by atoms with Crippen molar-refractivity contribution in [2.45, 2.75) is 37.3 Å². The molecule has 1 aromatic heterocycles. The number of halogens is 1. The van der Waals surface area contributed by atoms with Crippen LogP contribution in [0.4, 0.5) is 10.1 Å². The molecule has 3 aromatic rings. The minimum Gasteiger partial charge on any atom is -0.358 e. The number of nitrogens with zero attached hydrogens (tertiary/aromatic N) is 1. The molecule has 2 amide bonds. The van der Waals surface area contributed by atoms with Gasteiger partial charge in [0.1, 0.15) is 5.82 Å². The van der Waals surface area contributed by atoms with Crippen LogP contribution in [0.3, 0.4) is 0 Å². The van der Waals surface area contributed by atoms with Crippen LogP contribution in [0, 0.1) is 19.7 Å². The van der Waals surface area contributed by atoms with Gasteiger partial charge in [0.05, 0.1) is 21.8 Å². The van der Waals surface area contributed by atoms with Gasteiger partial charge in [-0.2, -0.15) is 0 Å². The molecule has 8 nitrogen and oxygen atoms in total. The lowest BCUT2D eigenvalue weighted by Gasteiger charge is -2.14. The Hall–Kier alpha value is -3.76. The molecule has 0 bridgehead atoms. The number of benzene rings is 2. The molecule has 1 fully saturated rings. The molecule has 5 rings (SSSR count). The van der Waals surface area contributed by atoms with Crippen LogP contribution in [-0.4, -0.2) is 56.3 Å². The molecule has 39 heavy (non-hydrogen) atoms. The summed E-state index contributed by atoms with van der Waals surface area (Å²) in [6.07, 6.45) is 4.02. The molecule has 0 saturated carbocycles. The second-order valence-electron chi connectivity index (χ2n) is 10.0. The Bertz CT molecular complexity index is 1590. The summed E-state index contributed by atoms with van der Waals surface area (Å²) in [5.74, 6) is -1.64. The van der Waals surface area contributed by atoms with Crippen LogP contribution in [-0.2, 0) is 20.4 Å². The number of nitrogens with one attached hydrogen (secondary N) is 3. The molecule has 2 aromatic carbocycles. The van der Waals surface area contributed by atoms with E-state index in [1.54, 1.807) is 19.1 Å². The van der Waals surface area contributed by atoms with E-state index in [0.29, 0.717) is 40.3 Å². The fourth-order valence-corrected chi connectivity index (χ4v) is 6.62. The summed E-state index contributed by atoms with van der Waals surface area (Å²) in [4.78, 5) is 31.3. The fourth-order valence-electron chi connectivity index (χ4n) is 5.23. The Morgan fingerprint density at radius 2 is 1.87 bits per heavy atom. The monoisotopic (exact) mass is 550 g/mol. The number of amides is 2. The molecule has 204 valence electrons. The van der Waals surface area contributed by atoms with Crippen molar-refractivity contribution in [2.24, 2.45) is 0 Å². The Kier molecular flexibility index (Phi) is 7.42. The van der Waals surface area contributed by atoms with E-state index in [4.69, 9.17) is 0 Å². The predicted octanol–water partition coefficient (Wildman–Crippen LogP) is 4.06. The Labute approximate surface area is 227 Å². The number of anilines is 1. The summed E-state index contributed by atoms with van der Waals surface area (Å²) in [5, 5.41) is 5.76. The number of rotatable bonds is 8. The van der Waals surface area contributed by atoms with Crippen LogP contribution in [0.15, 0.2) is 47.4 Å². The van der Waals surface area contributed by atoms with E-state index in [2.05, 4.69) is 20.5 Å². The van der Waals surface area contributed by atoms with Gasteiger partial charge in [-0.1, -0.05) is 18.2 Å². The molecular formula is C29H31FN4O4S.